The predicted molar refractivity (Wildman–Crippen MR) is 111 cm³/mol. The molecule has 7 heteroatoms. The molecule has 4 rings (SSSR count). The van der Waals surface area contributed by atoms with Gasteiger partial charge in [0.15, 0.2) is 0 Å². The molecular weight excluding hydrogens is 380 g/mol. The first-order chi connectivity index (χ1) is 14.2. The minimum absolute atomic E-state index is 0.0600. The molecule has 0 aliphatic heterocycles. The number of hydrogen-bond acceptors (Lipinski definition) is 7. The number of nitrogens with two attached hydrogens (primary N) is 1. The van der Waals surface area contributed by atoms with Gasteiger partial charge in [-0.3, -0.25) is 0 Å². The molecule has 0 amide bonds. The number of benzene rings is 2. The van der Waals surface area contributed by atoms with Crippen molar-refractivity contribution in [2.45, 2.75) is 6.42 Å². The molecule has 2 heterocycles. The lowest BCUT2D eigenvalue weighted by Crippen LogP contribution is -2.04. The van der Waals surface area contributed by atoms with E-state index < -0.39 is 0 Å². The fourth-order valence-corrected chi connectivity index (χ4v) is 4.17. The number of pyridine rings is 1. The van der Waals surface area contributed by atoms with Crippen LogP contribution in [-0.2, 0) is 6.42 Å². The average molecular weight is 392 g/mol. The molecule has 0 fully saturated rings. The van der Waals surface area contributed by atoms with Crippen LogP contribution in [0.4, 0.5) is 5.82 Å². The van der Waals surface area contributed by atoms with Crippen LogP contribution in [0.5, 0.6) is 0 Å². The van der Waals surface area contributed by atoms with Crippen molar-refractivity contribution >= 4 is 27.4 Å². The Morgan fingerprint density at radius 1 is 0.897 bits per heavy atom. The molecular formula is C22H12N6S. The van der Waals surface area contributed by atoms with Gasteiger partial charge in [-0.15, -0.1) is 11.3 Å². The van der Waals surface area contributed by atoms with Gasteiger partial charge in [-0.25, -0.2) is 9.97 Å². The van der Waals surface area contributed by atoms with Crippen LogP contribution in [0.3, 0.4) is 0 Å². The van der Waals surface area contributed by atoms with E-state index in [0.29, 0.717) is 32.9 Å². The lowest BCUT2D eigenvalue weighted by molar-refractivity contribution is 1.21. The number of nitrogen functional groups attached to an aromatic ring is 1. The summed E-state index contributed by atoms with van der Waals surface area (Å²) in [6, 6.07) is 21.2. The Hall–Kier alpha value is -4.25. The zero-order chi connectivity index (χ0) is 20.4. The average Bonchev–Trinajstić information content (AvgIpc) is 3.16. The normalized spacial score (nSPS) is 10.2. The molecule has 136 valence electrons. The number of anilines is 1. The largest absolute Gasteiger partial charge is 0.383 e. The van der Waals surface area contributed by atoms with E-state index >= 15 is 0 Å². The highest BCUT2D eigenvalue weighted by molar-refractivity contribution is 7.18. The van der Waals surface area contributed by atoms with Crippen LogP contribution in [0.2, 0.25) is 0 Å². The summed E-state index contributed by atoms with van der Waals surface area (Å²) in [4.78, 5) is 8.98. The van der Waals surface area contributed by atoms with E-state index in [1.165, 1.54) is 11.3 Å². The van der Waals surface area contributed by atoms with E-state index in [1.807, 2.05) is 48.5 Å². The summed E-state index contributed by atoms with van der Waals surface area (Å²) in [5.74, 6) is 0.0600. The van der Waals surface area contributed by atoms with Crippen LogP contribution < -0.4 is 5.73 Å². The molecule has 0 bridgehead atoms. The van der Waals surface area contributed by atoms with Gasteiger partial charge in [0.05, 0.1) is 34.0 Å². The summed E-state index contributed by atoms with van der Waals surface area (Å²) in [5, 5.41) is 29.3. The molecule has 4 aromatic rings. The highest BCUT2D eigenvalue weighted by Crippen LogP contribution is 2.38. The Kier molecular flexibility index (Phi) is 4.63. The van der Waals surface area contributed by atoms with Crippen LogP contribution in [0.25, 0.3) is 32.6 Å². The number of rotatable bonds is 3. The van der Waals surface area contributed by atoms with Gasteiger partial charge in [-0.2, -0.15) is 15.8 Å². The summed E-state index contributed by atoms with van der Waals surface area (Å²) < 4.78 is 0.891. The minimum atomic E-state index is 0.0600. The molecule has 2 aromatic heterocycles. The third-order valence-corrected chi connectivity index (χ3v) is 5.48. The maximum atomic E-state index is 9.99. The van der Waals surface area contributed by atoms with Crippen LogP contribution in [0.15, 0.2) is 48.5 Å². The number of hydrogen-bond donors (Lipinski definition) is 1. The van der Waals surface area contributed by atoms with Gasteiger partial charge >= 0.3 is 0 Å². The van der Waals surface area contributed by atoms with Crippen molar-refractivity contribution in [3.63, 3.8) is 0 Å². The summed E-state index contributed by atoms with van der Waals surface area (Å²) in [6.45, 7) is 0. The van der Waals surface area contributed by atoms with Crippen molar-refractivity contribution < 1.29 is 0 Å². The smallest absolute Gasteiger partial charge is 0.142 e. The Morgan fingerprint density at radius 2 is 1.66 bits per heavy atom. The van der Waals surface area contributed by atoms with Crippen molar-refractivity contribution in [1.29, 1.82) is 15.8 Å². The fourth-order valence-electron chi connectivity index (χ4n) is 3.24. The lowest BCUT2D eigenvalue weighted by atomic mass is 9.92. The molecule has 0 radical (unpaired) electrons. The first-order valence-electron chi connectivity index (χ1n) is 8.62. The third kappa shape index (κ3) is 3.04. The maximum Gasteiger partial charge on any atom is 0.142 e. The summed E-state index contributed by atoms with van der Waals surface area (Å²) in [6.07, 6.45) is 0.210. The quantitative estimate of drug-likeness (QED) is 0.550. The minimum Gasteiger partial charge on any atom is -0.383 e. The molecule has 6 nitrogen and oxygen atoms in total. The van der Waals surface area contributed by atoms with Gasteiger partial charge in [0, 0.05) is 11.1 Å². The highest BCUT2D eigenvalue weighted by atomic mass is 32.1. The standard InChI is InChI=1S/C22H12N6S/c23-10-9-18-27-21-14(7-4-8-17(21)29-18)20-15(11-24)19(13-5-2-1-3-6-13)16(12-25)22(26)28-20/h1-8H,9H2,(H2,26,28). The fraction of sp³-hybridized carbons (Fsp3) is 0.0455. The van der Waals surface area contributed by atoms with E-state index in [2.05, 4.69) is 28.2 Å². The number of thiazole rings is 1. The second-order valence-electron chi connectivity index (χ2n) is 6.16. The van der Waals surface area contributed by atoms with Crippen molar-refractivity contribution in [3.8, 4) is 40.6 Å². The zero-order valence-corrected chi connectivity index (χ0v) is 15.9. The molecule has 0 spiro atoms. The van der Waals surface area contributed by atoms with Gasteiger partial charge in [0.2, 0.25) is 0 Å². The molecule has 0 atom stereocenters. The Balaban J connectivity index is 2.08. The molecule has 2 N–H and O–H groups in total. The second kappa shape index (κ2) is 7.40. The van der Waals surface area contributed by atoms with E-state index in [-0.39, 0.29) is 23.4 Å². The Labute approximate surface area is 170 Å². The predicted octanol–water partition coefficient (Wildman–Crippen LogP) is 4.42. The number of nitriles is 3. The summed E-state index contributed by atoms with van der Waals surface area (Å²) >= 11 is 1.43. The Bertz CT molecular complexity index is 1370. The molecule has 0 aliphatic rings. The molecule has 0 unspecified atom stereocenters. The van der Waals surface area contributed by atoms with Crippen molar-refractivity contribution in [2.24, 2.45) is 0 Å². The van der Waals surface area contributed by atoms with Crippen LogP contribution in [0.1, 0.15) is 16.1 Å². The van der Waals surface area contributed by atoms with Crippen molar-refractivity contribution in [2.75, 3.05) is 5.73 Å². The highest BCUT2D eigenvalue weighted by Gasteiger charge is 2.22. The van der Waals surface area contributed by atoms with Gasteiger partial charge in [-0.05, 0) is 11.6 Å². The molecule has 0 aliphatic carbocycles. The van der Waals surface area contributed by atoms with Crippen molar-refractivity contribution in [1.82, 2.24) is 9.97 Å². The number of aromatic nitrogens is 2. The first kappa shape index (κ1) is 18.1. The first-order valence-corrected chi connectivity index (χ1v) is 9.44. The van der Waals surface area contributed by atoms with Crippen LogP contribution in [0, 0.1) is 34.0 Å². The summed E-state index contributed by atoms with van der Waals surface area (Å²) in [5.41, 5.74) is 9.43. The SMILES string of the molecule is N#CCc1nc2c(-c3nc(N)c(C#N)c(-c4ccccc4)c3C#N)cccc2s1. The van der Waals surface area contributed by atoms with E-state index in [4.69, 9.17) is 11.0 Å². The zero-order valence-electron chi connectivity index (χ0n) is 15.0. The monoisotopic (exact) mass is 392 g/mol. The van der Waals surface area contributed by atoms with Gasteiger partial charge in [-0.1, -0.05) is 42.5 Å². The second-order valence-corrected chi connectivity index (χ2v) is 7.27. The lowest BCUT2D eigenvalue weighted by Gasteiger charge is -2.13. The van der Waals surface area contributed by atoms with Crippen LogP contribution in [-0.4, -0.2) is 9.97 Å². The van der Waals surface area contributed by atoms with E-state index in [9.17, 15) is 10.5 Å². The summed E-state index contributed by atoms with van der Waals surface area (Å²) in [7, 11) is 0. The number of fused-ring (bicyclic) bond motifs is 1. The van der Waals surface area contributed by atoms with Gasteiger partial charge in [0.1, 0.15) is 28.5 Å². The molecule has 2 aromatic carbocycles. The van der Waals surface area contributed by atoms with Crippen molar-refractivity contribution in [3.05, 3.63) is 64.7 Å². The molecule has 0 saturated carbocycles. The molecule has 29 heavy (non-hydrogen) atoms. The van der Waals surface area contributed by atoms with Gasteiger partial charge < -0.3 is 5.73 Å². The number of nitrogens with zero attached hydrogens (tertiary/aromatic N) is 5. The topological polar surface area (TPSA) is 123 Å². The van der Waals surface area contributed by atoms with Crippen LogP contribution >= 0.6 is 11.3 Å². The Morgan fingerprint density at radius 3 is 2.34 bits per heavy atom. The maximum absolute atomic E-state index is 9.99. The molecule has 0 saturated heterocycles. The van der Waals surface area contributed by atoms with Gasteiger partial charge in [0.25, 0.3) is 0 Å². The van der Waals surface area contributed by atoms with E-state index in [0.717, 1.165) is 4.70 Å². The third-order valence-electron chi connectivity index (χ3n) is 4.46. The number of para-hydroxylation sites is 1. The van der Waals surface area contributed by atoms with E-state index in [1.54, 1.807) is 0 Å².